The SMILES string of the molecule is CC[C@H](C(=O)Nc1cc(Cl)ccc1C)N(c1cc(Cl)ccc1C)S(C)(=O)=O. The van der Waals surface area contributed by atoms with E-state index in [1.807, 2.05) is 6.92 Å². The molecule has 0 aliphatic heterocycles. The van der Waals surface area contributed by atoms with Gasteiger partial charge in [-0.25, -0.2) is 8.42 Å². The summed E-state index contributed by atoms with van der Waals surface area (Å²) in [4.78, 5) is 13.0. The highest BCUT2D eigenvalue weighted by atomic mass is 35.5. The van der Waals surface area contributed by atoms with E-state index >= 15 is 0 Å². The van der Waals surface area contributed by atoms with E-state index < -0.39 is 22.0 Å². The van der Waals surface area contributed by atoms with Crippen molar-refractivity contribution < 1.29 is 13.2 Å². The highest BCUT2D eigenvalue weighted by Gasteiger charge is 2.32. The fourth-order valence-electron chi connectivity index (χ4n) is 2.80. The summed E-state index contributed by atoms with van der Waals surface area (Å²) in [5.41, 5.74) is 2.46. The molecule has 5 nitrogen and oxygen atoms in total. The summed E-state index contributed by atoms with van der Waals surface area (Å²) in [6.07, 6.45) is 1.36. The van der Waals surface area contributed by atoms with Gasteiger partial charge in [0.1, 0.15) is 6.04 Å². The Morgan fingerprint density at radius 2 is 1.63 bits per heavy atom. The van der Waals surface area contributed by atoms with Gasteiger partial charge in [0.25, 0.3) is 0 Å². The number of sulfonamides is 1. The number of amides is 1. The van der Waals surface area contributed by atoms with E-state index in [0.717, 1.165) is 16.1 Å². The first-order chi connectivity index (χ1) is 12.5. The Balaban J connectivity index is 2.48. The van der Waals surface area contributed by atoms with Crippen molar-refractivity contribution in [3.63, 3.8) is 0 Å². The number of rotatable bonds is 6. The summed E-state index contributed by atoms with van der Waals surface area (Å²) in [5.74, 6) is -0.437. The molecule has 0 saturated carbocycles. The monoisotopic (exact) mass is 428 g/mol. The van der Waals surface area contributed by atoms with Crippen LogP contribution in [0.4, 0.5) is 11.4 Å². The number of halogens is 2. The summed E-state index contributed by atoms with van der Waals surface area (Å²) in [7, 11) is -3.74. The lowest BCUT2D eigenvalue weighted by molar-refractivity contribution is -0.117. The van der Waals surface area contributed by atoms with Gasteiger partial charge in [0.2, 0.25) is 15.9 Å². The van der Waals surface area contributed by atoms with Gasteiger partial charge in [-0.05, 0) is 55.7 Å². The smallest absolute Gasteiger partial charge is 0.248 e. The lowest BCUT2D eigenvalue weighted by Gasteiger charge is -2.31. The third-order valence-electron chi connectivity index (χ3n) is 4.20. The fraction of sp³-hybridized carbons (Fsp3) is 0.316. The van der Waals surface area contributed by atoms with E-state index in [4.69, 9.17) is 23.2 Å². The third-order valence-corrected chi connectivity index (χ3v) is 5.83. The van der Waals surface area contributed by atoms with E-state index in [0.29, 0.717) is 27.0 Å². The zero-order valence-corrected chi connectivity index (χ0v) is 17.9. The van der Waals surface area contributed by atoms with Crippen molar-refractivity contribution in [2.45, 2.75) is 33.2 Å². The van der Waals surface area contributed by atoms with Gasteiger partial charge in [-0.1, -0.05) is 42.3 Å². The zero-order valence-electron chi connectivity index (χ0n) is 15.6. The number of carbonyl (C=O) groups excluding carboxylic acids is 1. The minimum absolute atomic E-state index is 0.282. The van der Waals surface area contributed by atoms with Crippen LogP contribution in [0, 0.1) is 13.8 Å². The van der Waals surface area contributed by atoms with Crippen LogP contribution < -0.4 is 9.62 Å². The number of carbonyl (C=O) groups is 1. The van der Waals surface area contributed by atoms with Crippen molar-refractivity contribution in [2.24, 2.45) is 0 Å². The van der Waals surface area contributed by atoms with E-state index in [9.17, 15) is 13.2 Å². The predicted molar refractivity (Wildman–Crippen MR) is 112 cm³/mol. The van der Waals surface area contributed by atoms with Crippen LogP contribution in [0.1, 0.15) is 24.5 Å². The second-order valence-electron chi connectivity index (χ2n) is 6.36. The van der Waals surface area contributed by atoms with Crippen LogP contribution in [0.3, 0.4) is 0 Å². The van der Waals surface area contributed by atoms with Crippen LogP contribution >= 0.6 is 23.2 Å². The third kappa shape index (κ3) is 5.15. The summed E-state index contributed by atoms with van der Waals surface area (Å²) in [5, 5.41) is 3.67. The molecule has 0 heterocycles. The molecule has 0 bridgehead atoms. The Labute approximate surface area is 170 Å². The lowest BCUT2D eigenvalue weighted by atomic mass is 10.1. The first-order valence-electron chi connectivity index (χ1n) is 8.37. The molecule has 2 aromatic carbocycles. The van der Waals surface area contributed by atoms with E-state index in [1.54, 1.807) is 50.2 Å². The maximum atomic E-state index is 13.0. The first kappa shape index (κ1) is 21.5. The number of nitrogens with zero attached hydrogens (tertiary/aromatic N) is 1. The molecule has 2 aromatic rings. The number of anilines is 2. The van der Waals surface area contributed by atoms with Gasteiger partial charge >= 0.3 is 0 Å². The Bertz CT molecular complexity index is 961. The molecule has 0 radical (unpaired) electrons. The fourth-order valence-corrected chi connectivity index (χ4v) is 4.40. The van der Waals surface area contributed by atoms with Crippen LogP contribution in [-0.4, -0.2) is 26.6 Å². The molecule has 2 rings (SSSR count). The molecule has 1 amide bonds. The molecule has 8 heteroatoms. The van der Waals surface area contributed by atoms with Crippen LogP contribution in [-0.2, 0) is 14.8 Å². The lowest BCUT2D eigenvalue weighted by Crippen LogP contribution is -2.47. The topological polar surface area (TPSA) is 66.5 Å². The number of hydrogen-bond donors (Lipinski definition) is 1. The van der Waals surface area contributed by atoms with Crippen molar-refractivity contribution >= 4 is 50.5 Å². The molecule has 0 unspecified atom stereocenters. The zero-order chi connectivity index (χ0) is 20.4. The van der Waals surface area contributed by atoms with Crippen molar-refractivity contribution in [3.8, 4) is 0 Å². The summed E-state index contributed by atoms with van der Waals surface area (Å²) in [6, 6.07) is 9.17. The Kier molecular flexibility index (Phi) is 6.78. The Hall–Kier alpha value is -1.76. The summed E-state index contributed by atoms with van der Waals surface area (Å²) in [6.45, 7) is 5.37. The number of benzene rings is 2. The quantitative estimate of drug-likeness (QED) is 0.718. The molecule has 1 N–H and O–H groups in total. The molecule has 0 aliphatic carbocycles. The molecule has 0 spiro atoms. The highest BCUT2D eigenvalue weighted by Crippen LogP contribution is 2.30. The molecule has 0 saturated heterocycles. The van der Waals surface area contributed by atoms with Gasteiger partial charge < -0.3 is 5.32 Å². The molecular weight excluding hydrogens is 407 g/mol. The molecule has 0 aromatic heterocycles. The maximum Gasteiger partial charge on any atom is 0.248 e. The van der Waals surface area contributed by atoms with Gasteiger partial charge in [0.05, 0.1) is 11.9 Å². The van der Waals surface area contributed by atoms with Crippen molar-refractivity contribution in [3.05, 3.63) is 57.6 Å². The average molecular weight is 429 g/mol. The van der Waals surface area contributed by atoms with Crippen molar-refractivity contribution in [1.82, 2.24) is 0 Å². The summed E-state index contributed by atoms with van der Waals surface area (Å²) < 4.78 is 26.2. The van der Waals surface area contributed by atoms with Gasteiger partial charge in [0.15, 0.2) is 0 Å². The van der Waals surface area contributed by atoms with Crippen molar-refractivity contribution in [1.29, 1.82) is 0 Å². The minimum atomic E-state index is -3.74. The molecule has 0 fully saturated rings. The molecule has 27 heavy (non-hydrogen) atoms. The van der Waals surface area contributed by atoms with Crippen LogP contribution in [0.5, 0.6) is 0 Å². The van der Waals surface area contributed by atoms with E-state index in [1.165, 1.54) is 0 Å². The van der Waals surface area contributed by atoms with Crippen LogP contribution in [0.25, 0.3) is 0 Å². The second-order valence-corrected chi connectivity index (χ2v) is 9.09. The number of nitrogens with one attached hydrogen (secondary N) is 1. The molecule has 0 aliphatic rings. The van der Waals surface area contributed by atoms with Gasteiger partial charge in [-0.3, -0.25) is 9.10 Å². The van der Waals surface area contributed by atoms with E-state index in [2.05, 4.69) is 5.32 Å². The highest BCUT2D eigenvalue weighted by molar-refractivity contribution is 7.92. The average Bonchev–Trinajstić information content (AvgIpc) is 2.57. The molecule has 146 valence electrons. The maximum absolute atomic E-state index is 13.0. The van der Waals surface area contributed by atoms with Crippen molar-refractivity contribution in [2.75, 3.05) is 15.9 Å². The standard InChI is InChI=1S/C19H22Cl2N2O3S/c1-5-17(19(24)22-16-10-14(20)8-6-12(16)2)23(27(4,25)26)18-11-15(21)9-7-13(18)3/h6-11,17H,5H2,1-4H3,(H,22,24)/t17-/m1/s1. The number of hydrogen-bond acceptors (Lipinski definition) is 3. The predicted octanol–water partition coefficient (Wildman–Crippen LogP) is 4.79. The first-order valence-corrected chi connectivity index (χ1v) is 11.0. The van der Waals surface area contributed by atoms with Gasteiger partial charge in [-0.15, -0.1) is 0 Å². The largest absolute Gasteiger partial charge is 0.324 e. The Morgan fingerprint density at radius 3 is 2.19 bits per heavy atom. The Morgan fingerprint density at radius 1 is 1.07 bits per heavy atom. The van der Waals surface area contributed by atoms with Crippen LogP contribution in [0.15, 0.2) is 36.4 Å². The van der Waals surface area contributed by atoms with Gasteiger partial charge in [-0.2, -0.15) is 0 Å². The normalized spacial score (nSPS) is 12.5. The number of aryl methyl sites for hydroxylation is 2. The van der Waals surface area contributed by atoms with E-state index in [-0.39, 0.29) is 6.42 Å². The van der Waals surface area contributed by atoms with Gasteiger partial charge in [0, 0.05) is 15.7 Å². The molecule has 1 atom stereocenters. The second kappa shape index (κ2) is 8.50. The summed E-state index contributed by atoms with van der Waals surface area (Å²) >= 11 is 12.1. The minimum Gasteiger partial charge on any atom is -0.324 e. The molecular formula is C19H22Cl2N2O3S. The van der Waals surface area contributed by atoms with Crippen LogP contribution in [0.2, 0.25) is 10.0 Å².